The Morgan fingerprint density at radius 3 is 2.48 bits per heavy atom. The molecule has 0 aromatic heterocycles. The van der Waals surface area contributed by atoms with Crippen LogP contribution in [0.4, 0.5) is 0 Å². The van der Waals surface area contributed by atoms with Gasteiger partial charge >= 0.3 is 5.97 Å². The molecule has 1 rings (SSSR count). The summed E-state index contributed by atoms with van der Waals surface area (Å²) in [5.74, 6) is 0.172. The standard InChI is InChI=1S/C17H33N3O3/c1-7-13(9-19-12(2)21)10-20-11-14(18-6)8-15(20)16(22)23-17(3,4)5/h13-15,18H,7-11H2,1-6H3,(H,19,21)/t13?,14-,15-/m1/s1. The first-order valence-corrected chi connectivity index (χ1v) is 8.54. The van der Waals surface area contributed by atoms with E-state index < -0.39 is 5.60 Å². The lowest BCUT2D eigenvalue weighted by Gasteiger charge is -2.29. The molecule has 1 amide bonds. The van der Waals surface area contributed by atoms with E-state index in [1.165, 1.54) is 6.92 Å². The highest BCUT2D eigenvalue weighted by Crippen LogP contribution is 2.23. The Kier molecular flexibility index (Phi) is 7.48. The molecule has 0 bridgehead atoms. The highest BCUT2D eigenvalue weighted by molar-refractivity contribution is 5.76. The number of rotatable bonds is 7. The van der Waals surface area contributed by atoms with Gasteiger partial charge in [-0.3, -0.25) is 14.5 Å². The van der Waals surface area contributed by atoms with Crippen molar-refractivity contribution in [1.29, 1.82) is 0 Å². The molecule has 1 aliphatic rings. The average molecular weight is 327 g/mol. The van der Waals surface area contributed by atoms with Gasteiger partial charge in [0.1, 0.15) is 11.6 Å². The van der Waals surface area contributed by atoms with Crippen LogP contribution in [0.15, 0.2) is 0 Å². The molecule has 0 aliphatic carbocycles. The van der Waals surface area contributed by atoms with E-state index in [2.05, 4.69) is 22.5 Å². The Morgan fingerprint density at radius 1 is 1.35 bits per heavy atom. The molecular formula is C17H33N3O3. The van der Waals surface area contributed by atoms with Crippen molar-refractivity contribution in [2.75, 3.05) is 26.7 Å². The third-order valence-electron chi connectivity index (χ3n) is 4.20. The van der Waals surface area contributed by atoms with Gasteiger partial charge in [-0.25, -0.2) is 0 Å². The summed E-state index contributed by atoms with van der Waals surface area (Å²) in [6.45, 7) is 11.6. The van der Waals surface area contributed by atoms with Gasteiger partial charge in [0.25, 0.3) is 0 Å². The van der Waals surface area contributed by atoms with Crippen molar-refractivity contribution in [3.63, 3.8) is 0 Å². The van der Waals surface area contributed by atoms with Crippen LogP contribution in [-0.4, -0.2) is 61.1 Å². The Bertz CT molecular complexity index is 406. The Labute approximate surface area is 140 Å². The first kappa shape index (κ1) is 19.9. The summed E-state index contributed by atoms with van der Waals surface area (Å²) in [6, 6.07) is 0.0869. The normalized spacial score (nSPS) is 23.6. The molecule has 1 aliphatic heterocycles. The van der Waals surface area contributed by atoms with Crippen LogP contribution >= 0.6 is 0 Å². The highest BCUT2D eigenvalue weighted by atomic mass is 16.6. The largest absolute Gasteiger partial charge is 0.459 e. The Balaban J connectivity index is 2.71. The van der Waals surface area contributed by atoms with Gasteiger partial charge in [-0.2, -0.15) is 0 Å². The number of hydrogen-bond acceptors (Lipinski definition) is 5. The van der Waals surface area contributed by atoms with E-state index in [0.717, 1.165) is 25.9 Å². The van der Waals surface area contributed by atoms with E-state index in [1.54, 1.807) is 0 Å². The SMILES string of the molecule is CCC(CNC(C)=O)CN1C[C@H](NC)C[C@@H]1C(=O)OC(C)(C)C. The average Bonchev–Trinajstić information content (AvgIpc) is 2.84. The molecule has 3 atom stereocenters. The van der Waals surface area contributed by atoms with Crippen molar-refractivity contribution in [2.24, 2.45) is 5.92 Å². The van der Waals surface area contributed by atoms with Crippen molar-refractivity contribution < 1.29 is 14.3 Å². The van der Waals surface area contributed by atoms with Gasteiger partial charge in [-0.15, -0.1) is 0 Å². The number of esters is 1. The molecule has 23 heavy (non-hydrogen) atoms. The summed E-state index contributed by atoms with van der Waals surface area (Å²) in [5, 5.41) is 6.14. The van der Waals surface area contributed by atoms with E-state index in [0.29, 0.717) is 18.5 Å². The lowest BCUT2D eigenvalue weighted by molar-refractivity contribution is -0.160. The van der Waals surface area contributed by atoms with Crippen LogP contribution in [0.25, 0.3) is 0 Å². The van der Waals surface area contributed by atoms with Crippen molar-refractivity contribution in [3.8, 4) is 0 Å². The summed E-state index contributed by atoms with van der Waals surface area (Å²) in [4.78, 5) is 25.8. The minimum Gasteiger partial charge on any atom is -0.459 e. The van der Waals surface area contributed by atoms with Crippen LogP contribution in [-0.2, 0) is 14.3 Å². The van der Waals surface area contributed by atoms with Gasteiger partial charge in [0.2, 0.25) is 5.91 Å². The van der Waals surface area contributed by atoms with Gasteiger partial charge in [-0.05, 0) is 40.2 Å². The molecule has 1 heterocycles. The summed E-state index contributed by atoms with van der Waals surface area (Å²) >= 11 is 0. The van der Waals surface area contributed by atoms with Gasteiger partial charge in [0.15, 0.2) is 0 Å². The molecule has 1 unspecified atom stereocenters. The third-order valence-corrected chi connectivity index (χ3v) is 4.20. The summed E-state index contributed by atoms with van der Waals surface area (Å²) < 4.78 is 5.58. The van der Waals surface area contributed by atoms with Gasteiger partial charge < -0.3 is 15.4 Å². The van der Waals surface area contributed by atoms with E-state index in [-0.39, 0.29) is 17.9 Å². The zero-order valence-corrected chi connectivity index (χ0v) is 15.4. The second kappa shape index (κ2) is 8.64. The molecule has 0 saturated carbocycles. The highest BCUT2D eigenvalue weighted by Gasteiger charge is 2.39. The van der Waals surface area contributed by atoms with Crippen LogP contribution in [0.3, 0.4) is 0 Å². The number of carbonyl (C=O) groups is 2. The zero-order valence-electron chi connectivity index (χ0n) is 15.4. The van der Waals surface area contributed by atoms with Crippen molar-refractivity contribution in [3.05, 3.63) is 0 Å². The topological polar surface area (TPSA) is 70.7 Å². The van der Waals surface area contributed by atoms with Crippen LogP contribution in [0, 0.1) is 5.92 Å². The number of nitrogens with one attached hydrogen (secondary N) is 2. The summed E-state index contributed by atoms with van der Waals surface area (Å²) in [7, 11) is 1.93. The molecule has 0 spiro atoms. The number of hydrogen-bond donors (Lipinski definition) is 2. The fourth-order valence-corrected chi connectivity index (χ4v) is 2.89. The molecule has 6 heteroatoms. The Morgan fingerprint density at radius 2 is 2.00 bits per heavy atom. The first-order chi connectivity index (χ1) is 10.7. The summed E-state index contributed by atoms with van der Waals surface area (Å²) in [6.07, 6.45) is 1.73. The minimum absolute atomic E-state index is 0.0123. The van der Waals surface area contributed by atoms with E-state index in [1.807, 2.05) is 27.8 Å². The van der Waals surface area contributed by atoms with E-state index in [9.17, 15) is 9.59 Å². The monoisotopic (exact) mass is 327 g/mol. The molecule has 2 N–H and O–H groups in total. The maximum atomic E-state index is 12.5. The summed E-state index contributed by atoms with van der Waals surface area (Å²) in [5.41, 5.74) is -0.471. The Hall–Kier alpha value is -1.14. The van der Waals surface area contributed by atoms with Crippen molar-refractivity contribution >= 4 is 11.9 Å². The van der Waals surface area contributed by atoms with Crippen LogP contribution in [0.1, 0.15) is 47.5 Å². The lowest BCUT2D eigenvalue weighted by atomic mass is 10.1. The predicted octanol–water partition coefficient (Wildman–Crippen LogP) is 1.15. The third kappa shape index (κ3) is 6.87. The fourth-order valence-electron chi connectivity index (χ4n) is 2.89. The van der Waals surface area contributed by atoms with Gasteiger partial charge in [0.05, 0.1) is 0 Å². The second-order valence-electron chi connectivity index (χ2n) is 7.44. The number of nitrogens with zero attached hydrogens (tertiary/aromatic N) is 1. The van der Waals surface area contributed by atoms with E-state index in [4.69, 9.17) is 4.74 Å². The first-order valence-electron chi connectivity index (χ1n) is 8.54. The van der Waals surface area contributed by atoms with Crippen molar-refractivity contribution in [1.82, 2.24) is 15.5 Å². The molecule has 0 radical (unpaired) electrons. The number of amides is 1. The van der Waals surface area contributed by atoms with Crippen LogP contribution < -0.4 is 10.6 Å². The second-order valence-corrected chi connectivity index (χ2v) is 7.44. The van der Waals surface area contributed by atoms with Gasteiger partial charge in [-0.1, -0.05) is 13.3 Å². The smallest absolute Gasteiger partial charge is 0.323 e. The van der Waals surface area contributed by atoms with E-state index >= 15 is 0 Å². The van der Waals surface area contributed by atoms with Gasteiger partial charge in [0, 0.05) is 32.6 Å². The van der Waals surface area contributed by atoms with Crippen molar-refractivity contribution in [2.45, 2.75) is 65.1 Å². The van der Waals surface area contributed by atoms with Crippen LogP contribution in [0.2, 0.25) is 0 Å². The zero-order chi connectivity index (χ0) is 17.6. The molecule has 6 nitrogen and oxygen atoms in total. The molecule has 134 valence electrons. The molecule has 0 aromatic carbocycles. The maximum Gasteiger partial charge on any atom is 0.323 e. The van der Waals surface area contributed by atoms with Crippen LogP contribution in [0.5, 0.6) is 0 Å². The molecular weight excluding hydrogens is 294 g/mol. The number of carbonyl (C=O) groups excluding carboxylic acids is 2. The maximum absolute atomic E-state index is 12.5. The molecule has 1 fully saturated rings. The molecule has 1 saturated heterocycles. The molecule has 0 aromatic rings. The number of likely N-dealkylation sites (N-methyl/N-ethyl adjacent to an activating group) is 1. The number of likely N-dealkylation sites (tertiary alicyclic amines) is 1. The predicted molar refractivity (Wildman–Crippen MR) is 91.1 cm³/mol. The minimum atomic E-state index is -0.471. The lowest BCUT2D eigenvalue weighted by Crippen LogP contribution is -2.44. The quantitative estimate of drug-likeness (QED) is 0.687. The number of ether oxygens (including phenoxy) is 1. The fraction of sp³-hybridized carbons (Fsp3) is 0.882.